The minimum atomic E-state index is -0.311. The van der Waals surface area contributed by atoms with Crippen LogP contribution in [0, 0.1) is 17.2 Å². The van der Waals surface area contributed by atoms with E-state index in [0.717, 1.165) is 31.7 Å². The van der Waals surface area contributed by atoms with E-state index in [1.54, 1.807) is 0 Å². The van der Waals surface area contributed by atoms with Crippen molar-refractivity contribution in [1.82, 2.24) is 10.2 Å². The monoisotopic (exact) mass is 251 g/mol. The van der Waals surface area contributed by atoms with Crippen LogP contribution in [0.1, 0.15) is 51.9 Å². The zero-order valence-corrected chi connectivity index (χ0v) is 12.3. The van der Waals surface area contributed by atoms with E-state index in [-0.39, 0.29) is 5.54 Å². The van der Waals surface area contributed by atoms with Crippen molar-refractivity contribution in [2.75, 3.05) is 27.2 Å². The molecule has 1 unspecified atom stereocenters. The van der Waals surface area contributed by atoms with E-state index in [1.807, 2.05) is 7.05 Å². The molecule has 0 saturated heterocycles. The van der Waals surface area contributed by atoms with Gasteiger partial charge in [-0.2, -0.15) is 5.26 Å². The van der Waals surface area contributed by atoms with Gasteiger partial charge < -0.3 is 10.2 Å². The Kier molecular flexibility index (Phi) is 6.67. The van der Waals surface area contributed by atoms with Crippen molar-refractivity contribution in [3.63, 3.8) is 0 Å². The predicted octanol–water partition coefficient (Wildman–Crippen LogP) is 2.78. The number of nitrogens with zero attached hydrogens (tertiary/aromatic N) is 2. The summed E-state index contributed by atoms with van der Waals surface area (Å²) in [6.07, 6.45) is 8.61. The molecule has 104 valence electrons. The molecule has 0 heterocycles. The molecule has 0 aromatic carbocycles. The zero-order chi connectivity index (χ0) is 13.4. The molecule has 0 aliphatic heterocycles. The Hall–Kier alpha value is -0.590. The molecule has 0 aromatic heterocycles. The number of nitriles is 1. The first kappa shape index (κ1) is 15.5. The minimum absolute atomic E-state index is 0.311. The van der Waals surface area contributed by atoms with E-state index in [4.69, 9.17) is 0 Å². The highest BCUT2D eigenvalue weighted by Crippen LogP contribution is 2.25. The lowest BCUT2D eigenvalue weighted by atomic mass is 9.92. The first-order chi connectivity index (χ1) is 8.65. The van der Waals surface area contributed by atoms with Gasteiger partial charge in [0.1, 0.15) is 5.54 Å². The predicted molar refractivity (Wildman–Crippen MR) is 76.4 cm³/mol. The molecule has 0 radical (unpaired) electrons. The summed E-state index contributed by atoms with van der Waals surface area (Å²) in [5.41, 5.74) is -0.311. The third-order valence-corrected chi connectivity index (χ3v) is 4.48. The first-order valence-electron chi connectivity index (χ1n) is 7.44. The standard InChI is InChI=1S/C15H29N3/c1-4-15(13-16,17-2)10-7-11-18(3)12-14-8-5-6-9-14/h14,17H,4-12H2,1-3H3. The molecule has 1 aliphatic carbocycles. The Bertz CT molecular complexity index is 259. The van der Waals surface area contributed by atoms with Gasteiger partial charge >= 0.3 is 0 Å². The second kappa shape index (κ2) is 7.76. The highest BCUT2D eigenvalue weighted by atomic mass is 15.1. The van der Waals surface area contributed by atoms with E-state index < -0.39 is 0 Å². The van der Waals surface area contributed by atoms with Crippen molar-refractivity contribution in [2.45, 2.75) is 57.4 Å². The van der Waals surface area contributed by atoms with Gasteiger partial charge in [0.15, 0.2) is 0 Å². The van der Waals surface area contributed by atoms with Gasteiger partial charge in [-0.3, -0.25) is 0 Å². The smallest absolute Gasteiger partial charge is 0.106 e. The van der Waals surface area contributed by atoms with Gasteiger partial charge in [-0.15, -0.1) is 0 Å². The summed E-state index contributed by atoms with van der Waals surface area (Å²) in [6.45, 7) is 4.44. The van der Waals surface area contributed by atoms with Gasteiger partial charge in [0.2, 0.25) is 0 Å². The Balaban J connectivity index is 2.21. The Labute approximate surface area is 113 Å². The molecule has 1 fully saturated rings. The molecule has 0 spiro atoms. The highest BCUT2D eigenvalue weighted by molar-refractivity contribution is 5.05. The Morgan fingerprint density at radius 3 is 2.56 bits per heavy atom. The molecule has 0 amide bonds. The maximum absolute atomic E-state index is 9.25. The number of nitrogens with one attached hydrogen (secondary N) is 1. The molecule has 3 heteroatoms. The largest absolute Gasteiger partial charge is 0.306 e. The fourth-order valence-electron chi connectivity index (χ4n) is 3.05. The summed E-state index contributed by atoms with van der Waals surface area (Å²) >= 11 is 0. The zero-order valence-electron chi connectivity index (χ0n) is 12.3. The lowest BCUT2D eigenvalue weighted by molar-refractivity contribution is 0.260. The van der Waals surface area contributed by atoms with E-state index in [0.29, 0.717) is 0 Å². The van der Waals surface area contributed by atoms with Crippen LogP contribution in [0.2, 0.25) is 0 Å². The van der Waals surface area contributed by atoms with Crippen molar-refractivity contribution in [1.29, 1.82) is 5.26 Å². The van der Waals surface area contributed by atoms with E-state index in [2.05, 4.69) is 30.3 Å². The molecule has 18 heavy (non-hydrogen) atoms. The van der Waals surface area contributed by atoms with Crippen LogP contribution in [0.4, 0.5) is 0 Å². The van der Waals surface area contributed by atoms with Crippen molar-refractivity contribution in [3.05, 3.63) is 0 Å². The maximum Gasteiger partial charge on any atom is 0.106 e. The number of hydrogen-bond donors (Lipinski definition) is 1. The molecule has 1 atom stereocenters. The lowest BCUT2D eigenvalue weighted by Crippen LogP contribution is -2.41. The minimum Gasteiger partial charge on any atom is -0.306 e. The molecule has 3 nitrogen and oxygen atoms in total. The van der Waals surface area contributed by atoms with E-state index >= 15 is 0 Å². The van der Waals surface area contributed by atoms with Crippen LogP contribution in [0.3, 0.4) is 0 Å². The van der Waals surface area contributed by atoms with Gasteiger partial charge in [-0.05, 0) is 58.7 Å². The Morgan fingerprint density at radius 1 is 1.39 bits per heavy atom. The SMILES string of the molecule is CCC(C#N)(CCCN(C)CC1CCCC1)NC. The summed E-state index contributed by atoms with van der Waals surface area (Å²) in [5, 5.41) is 12.4. The van der Waals surface area contributed by atoms with Crippen LogP contribution in [0.15, 0.2) is 0 Å². The van der Waals surface area contributed by atoms with Crippen molar-refractivity contribution in [2.24, 2.45) is 5.92 Å². The quantitative estimate of drug-likeness (QED) is 0.721. The van der Waals surface area contributed by atoms with Gasteiger partial charge in [-0.25, -0.2) is 0 Å². The molecule has 1 saturated carbocycles. The molecule has 1 N–H and O–H groups in total. The summed E-state index contributed by atoms with van der Waals surface area (Å²) in [4.78, 5) is 2.45. The van der Waals surface area contributed by atoms with Crippen molar-refractivity contribution >= 4 is 0 Å². The number of rotatable bonds is 8. The second-order valence-electron chi connectivity index (χ2n) is 5.81. The second-order valence-corrected chi connectivity index (χ2v) is 5.81. The van der Waals surface area contributed by atoms with Crippen molar-refractivity contribution in [3.8, 4) is 6.07 Å². The average Bonchev–Trinajstić information content (AvgIpc) is 2.88. The van der Waals surface area contributed by atoms with E-state index in [9.17, 15) is 5.26 Å². The van der Waals surface area contributed by atoms with Crippen LogP contribution in [-0.4, -0.2) is 37.6 Å². The fraction of sp³-hybridized carbons (Fsp3) is 0.933. The van der Waals surface area contributed by atoms with Crippen LogP contribution in [0.5, 0.6) is 0 Å². The highest BCUT2D eigenvalue weighted by Gasteiger charge is 2.25. The van der Waals surface area contributed by atoms with Gasteiger partial charge in [0, 0.05) is 6.54 Å². The summed E-state index contributed by atoms with van der Waals surface area (Å²) in [6, 6.07) is 2.43. The van der Waals surface area contributed by atoms with Gasteiger partial charge in [0.25, 0.3) is 0 Å². The molecule has 1 aliphatic rings. The summed E-state index contributed by atoms with van der Waals surface area (Å²) in [5.74, 6) is 0.922. The third kappa shape index (κ3) is 4.59. The maximum atomic E-state index is 9.25. The molecule has 0 aromatic rings. The number of hydrogen-bond acceptors (Lipinski definition) is 3. The van der Waals surface area contributed by atoms with Crippen LogP contribution >= 0.6 is 0 Å². The topological polar surface area (TPSA) is 39.1 Å². The molecular weight excluding hydrogens is 222 g/mol. The molecule has 0 bridgehead atoms. The first-order valence-corrected chi connectivity index (χ1v) is 7.44. The normalized spacial score (nSPS) is 19.9. The lowest BCUT2D eigenvalue weighted by Gasteiger charge is -2.26. The van der Waals surface area contributed by atoms with Gasteiger partial charge in [-0.1, -0.05) is 19.8 Å². The summed E-state index contributed by atoms with van der Waals surface area (Å²) < 4.78 is 0. The van der Waals surface area contributed by atoms with Gasteiger partial charge in [0.05, 0.1) is 6.07 Å². The molecular formula is C15H29N3. The molecule has 1 rings (SSSR count). The average molecular weight is 251 g/mol. The van der Waals surface area contributed by atoms with Crippen LogP contribution in [0.25, 0.3) is 0 Å². The third-order valence-electron chi connectivity index (χ3n) is 4.48. The van der Waals surface area contributed by atoms with Crippen LogP contribution < -0.4 is 5.32 Å². The fourth-order valence-corrected chi connectivity index (χ4v) is 3.05. The summed E-state index contributed by atoms with van der Waals surface area (Å²) in [7, 11) is 4.12. The van der Waals surface area contributed by atoms with Crippen molar-refractivity contribution < 1.29 is 0 Å². The van der Waals surface area contributed by atoms with E-state index in [1.165, 1.54) is 32.2 Å². The Morgan fingerprint density at radius 2 is 2.06 bits per heavy atom. The van der Waals surface area contributed by atoms with Crippen LogP contribution in [-0.2, 0) is 0 Å².